The zero-order valence-electron chi connectivity index (χ0n) is 20.3. The lowest BCUT2D eigenvalue weighted by molar-refractivity contribution is -0.183. The highest BCUT2D eigenvalue weighted by molar-refractivity contribution is 5.78. The number of hydrogen-bond donors (Lipinski definition) is 0. The molecule has 2 fully saturated rings. The predicted molar refractivity (Wildman–Crippen MR) is 125 cm³/mol. The minimum absolute atomic E-state index is 0.0147. The first-order valence-corrected chi connectivity index (χ1v) is 12.1. The Bertz CT molecular complexity index is 1230. The molecule has 1 atom stereocenters. The van der Waals surface area contributed by atoms with E-state index >= 15 is 0 Å². The number of carbonyl (C=O) groups excluding carboxylic acids is 1. The van der Waals surface area contributed by atoms with Crippen LogP contribution in [0.2, 0.25) is 0 Å². The molecule has 1 aliphatic heterocycles. The molecule has 1 aliphatic carbocycles. The van der Waals surface area contributed by atoms with E-state index in [0.717, 1.165) is 49.1 Å². The Morgan fingerprint density at radius 2 is 1.97 bits per heavy atom. The third-order valence-corrected chi connectivity index (χ3v) is 7.51. The second-order valence-corrected chi connectivity index (χ2v) is 10.4. The molecule has 0 unspecified atom stereocenters. The molecule has 2 aliphatic rings. The van der Waals surface area contributed by atoms with Gasteiger partial charge in [0.1, 0.15) is 11.6 Å². The van der Waals surface area contributed by atoms with E-state index in [1.807, 2.05) is 11.4 Å². The SMILES string of the molecule is Cc1nc2c(C)cc(CC3(C)CCC(C(=O)N4OCC[C@H]4c4cnc(C)c(F)c4)CC3)cn2n1. The number of aryl methyl sites for hydroxylation is 3. The van der Waals surface area contributed by atoms with Crippen LogP contribution in [-0.2, 0) is 16.1 Å². The van der Waals surface area contributed by atoms with Gasteiger partial charge in [-0.1, -0.05) is 13.0 Å². The van der Waals surface area contributed by atoms with Gasteiger partial charge in [0.15, 0.2) is 5.65 Å². The fourth-order valence-electron chi connectivity index (χ4n) is 5.53. The first kappa shape index (κ1) is 22.9. The molecule has 1 amide bonds. The van der Waals surface area contributed by atoms with Crippen molar-refractivity contribution in [3.8, 4) is 0 Å². The van der Waals surface area contributed by atoms with Crippen molar-refractivity contribution < 1.29 is 14.0 Å². The molecule has 0 aromatic carbocycles. The van der Waals surface area contributed by atoms with Crippen LogP contribution in [0.1, 0.15) is 73.3 Å². The Kier molecular flexibility index (Phi) is 5.88. The first-order chi connectivity index (χ1) is 16.2. The molecule has 0 spiro atoms. The summed E-state index contributed by atoms with van der Waals surface area (Å²) in [6, 6.07) is 3.42. The van der Waals surface area contributed by atoms with Crippen molar-refractivity contribution in [1.82, 2.24) is 24.6 Å². The maximum absolute atomic E-state index is 14.1. The normalized spacial score (nSPS) is 25.3. The molecular weight excluding hydrogens is 433 g/mol. The molecule has 180 valence electrons. The summed E-state index contributed by atoms with van der Waals surface area (Å²) < 4.78 is 16.0. The average molecular weight is 466 g/mol. The van der Waals surface area contributed by atoms with E-state index in [9.17, 15) is 9.18 Å². The molecule has 1 saturated heterocycles. The third kappa shape index (κ3) is 4.31. The minimum Gasteiger partial charge on any atom is -0.272 e. The minimum atomic E-state index is -0.347. The van der Waals surface area contributed by atoms with Gasteiger partial charge in [-0.3, -0.25) is 14.6 Å². The van der Waals surface area contributed by atoms with E-state index in [1.165, 1.54) is 16.7 Å². The predicted octanol–water partition coefficient (Wildman–Crippen LogP) is 4.83. The van der Waals surface area contributed by atoms with Crippen LogP contribution in [0.4, 0.5) is 4.39 Å². The van der Waals surface area contributed by atoms with Crippen LogP contribution in [-0.4, -0.2) is 37.2 Å². The first-order valence-electron chi connectivity index (χ1n) is 12.1. The van der Waals surface area contributed by atoms with Crippen molar-refractivity contribution in [3.05, 3.63) is 58.6 Å². The van der Waals surface area contributed by atoms with Gasteiger partial charge in [0, 0.05) is 24.7 Å². The van der Waals surface area contributed by atoms with Gasteiger partial charge in [-0.25, -0.2) is 19.0 Å². The number of halogens is 1. The van der Waals surface area contributed by atoms with Crippen LogP contribution in [0.5, 0.6) is 0 Å². The van der Waals surface area contributed by atoms with Gasteiger partial charge in [-0.2, -0.15) is 5.10 Å². The van der Waals surface area contributed by atoms with Gasteiger partial charge in [0.2, 0.25) is 5.91 Å². The summed E-state index contributed by atoms with van der Waals surface area (Å²) in [5.41, 5.74) is 4.47. The lowest BCUT2D eigenvalue weighted by atomic mass is 9.68. The van der Waals surface area contributed by atoms with Crippen LogP contribution in [0.3, 0.4) is 0 Å². The highest BCUT2D eigenvalue weighted by Crippen LogP contribution is 2.43. The van der Waals surface area contributed by atoms with Crippen molar-refractivity contribution in [1.29, 1.82) is 0 Å². The lowest BCUT2D eigenvalue weighted by Crippen LogP contribution is -2.38. The van der Waals surface area contributed by atoms with E-state index in [2.05, 4.69) is 41.2 Å². The molecule has 3 aromatic rings. The van der Waals surface area contributed by atoms with Crippen molar-refractivity contribution in [2.24, 2.45) is 11.3 Å². The molecule has 1 saturated carbocycles. The number of carbonyl (C=O) groups is 1. The summed E-state index contributed by atoms with van der Waals surface area (Å²) in [5, 5.41) is 5.98. The summed E-state index contributed by atoms with van der Waals surface area (Å²) in [6.07, 6.45) is 8.93. The van der Waals surface area contributed by atoms with Gasteiger partial charge in [-0.05, 0) is 81.0 Å². The lowest BCUT2D eigenvalue weighted by Gasteiger charge is -2.38. The van der Waals surface area contributed by atoms with Gasteiger partial charge in [0.25, 0.3) is 0 Å². The van der Waals surface area contributed by atoms with Crippen molar-refractivity contribution in [2.75, 3.05) is 6.61 Å². The maximum atomic E-state index is 14.1. The van der Waals surface area contributed by atoms with Crippen molar-refractivity contribution >= 4 is 11.6 Å². The Hall–Kier alpha value is -2.87. The van der Waals surface area contributed by atoms with E-state index in [0.29, 0.717) is 24.3 Å². The van der Waals surface area contributed by atoms with E-state index in [-0.39, 0.29) is 29.1 Å². The van der Waals surface area contributed by atoms with Crippen molar-refractivity contribution in [3.63, 3.8) is 0 Å². The number of fused-ring (bicyclic) bond motifs is 1. The summed E-state index contributed by atoms with van der Waals surface area (Å²) in [7, 11) is 0. The second kappa shape index (κ2) is 8.73. The number of pyridine rings is 2. The smallest absolute Gasteiger partial charge is 0.249 e. The number of hydrogen-bond acceptors (Lipinski definition) is 5. The molecular formula is C26H32FN5O2. The molecule has 7 nitrogen and oxygen atoms in total. The number of aromatic nitrogens is 4. The quantitative estimate of drug-likeness (QED) is 0.552. The van der Waals surface area contributed by atoms with Gasteiger partial charge in [0.05, 0.1) is 18.3 Å². The zero-order chi connectivity index (χ0) is 24.0. The van der Waals surface area contributed by atoms with Crippen LogP contribution in [0.15, 0.2) is 24.5 Å². The standard InChI is InChI=1S/C26H32FN5O2/c1-16-11-19(15-31-24(16)29-18(3)30-31)13-26(4)8-5-20(6-9-26)25(33)32-23(7-10-34-32)21-12-22(27)17(2)28-14-21/h11-12,14-15,20,23H,5-10,13H2,1-4H3/t20?,23-,26?/m0/s1. The van der Waals surface area contributed by atoms with Gasteiger partial charge in [-0.15, -0.1) is 0 Å². The second-order valence-electron chi connectivity index (χ2n) is 10.4. The summed E-state index contributed by atoms with van der Waals surface area (Å²) >= 11 is 0. The third-order valence-electron chi connectivity index (χ3n) is 7.51. The molecule has 0 bridgehead atoms. The van der Waals surface area contributed by atoms with E-state index in [1.54, 1.807) is 13.1 Å². The summed E-state index contributed by atoms with van der Waals surface area (Å²) in [4.78, 5) is 27.7. The fourth-order valence-corrected chi connectivity index (χ4v) is 5.53. The molecule has 0 radical (unpaired) electrons. The highest BCUT2D eigenvalue weighted by Gasteiger charge is 2.40. The van der Waals surface area contributed by atoms with Crippen LogP contribution >= 0.6 is 0 Å². The van der Waals surface area contributed by atoms with Crippen molar-refractivity contribution in [2.45, 2.75) is 72.3 Å². The molecule has 34 heavy (non-hydrogen) atoms. The molecule has 4 heterocycles. The maximum Gasteiger partial charge on any atom is 0.249 e. The Balaban J connectivity index is 1.25. The molecule has 3 aromatic heterocycles. The van der Waals surface area contributed by atoms with E-state index < -0.39 is 0 Å². The largest absolute Gasteiger partial charge is 0.272 e. The highest BCUT2D eigenvalue weighted by atomic mass is 19.1. The topological polar surface area (TPSA) is 72.6 Å². The Morgan fingerprint density at radius 1 is 1.21 bits per heavy atom. The molecule has 5 rings (SSSR count). The summed E-state index contributed by atoms with van der Waals surface area (Å²) in [6.45, 7) is 8.40. The van der Waals surface area contributed by atoms with E-state index in [4.69, 9.17) is 4.84 Å². The van der Waals surface area contributed by atoms with Crippen LogP contribution in [0.25, 0.3) is 5.65 Å². The fraction of sp³-hybridized carbons (Fsp3) is 0.538. The Labute approximate surface area is 199 Å². The molecule has 8 heteroatoms. The number of amides is 1. The van der Waals surface area contributed by atoms with Crippen LogP contribution in [0, 0.1) is 37.9 Å². The number of hydroxylamine groups is 2. The monoisotopic (exact) mass is 465 g/mol. The number of rotatable bonds is 4. The van der Waals surface area contributed by atoms with Gasteiger partial charge < -0.3 is 0 Å². The van der Waals surface area contributed by atoms with Crippen LogP contribution < -0.4 is 0 Å². The zero-order valence-corrected chi connectivity index (χ0v) is 20.3. The average Bonchev–Trinajstić information content (AvgIpc) is 3.42. The van der Waals surface area contributed by atoms with Gasteiger partial charge >= 0.3 is 0 Å². The Morgan fingerprint density at radius 3 is 2.71 bits per heavy atom. The molecule has 0 N–H and O–H groups in total. The number of nitrogens with zero attached hydrogens (tertiary/aromatic N) is 5. The summed E-state index contributed by atoms with van der Waals surface area (Å²) in [5.74, 6) is 0.372.